The lowest BCUT2D eigenvalue weighted by atomic mass is 10.2. The van der Waals surface area contributed by atoms with Gasteiger partial charge in [-0.1, -0.05) is 23.2 Å². The van der Waals surface area contributed by atoms with Crippen molar-refractivity contribution in [3.05, 3.63) is 37.8 Å². The van der Waals surface area contributed by atoms with Gasteiger partial charge in [0.15, 0.2) is 0 Å². The molecule has 0 spiro atoms. The Morgan fingerprint density at radius 3 is 2.56 bits per heavy atom. The van der Waals surface area contributed by atoms with Gasteiger partial charge in [-0.25, -0.2) is 0 Å². The SMILES string of the molecule is Cc1nn(C)c(Cl)c1CN(C)Cc1ccc(Cl)s1. The summed E-state index contributed by atoms with van der Waals surface area (Å²) in [5.74, 6) is 0. The molecular formula is C12H15Cl2N3S. The minimum Gasteiger partial charge on any atom is -0.297 e. The maximum absolute atomic E-state index is 6.22. The number of halogens is 2. The third-order valence-corrected chi connectivity index (χ3v) is 4.44. The molecule has 0 unspecified atom stereocenters. The predicted molar refractivity (Wildman–Crippen MR) is 77.5 cm³/mol. The molecule has 2 heterocycles. The van der Waals surface area contributed by atoms with Crippen LogP contribution in [-0.2, 0) is 20.1 Å². The first-order valence-corrected chi connectivity index (χ1v) is 7.15. The van der Waals surface area contributed by atoms with Crippen molar-refractivity contribution in [1.29, 1.82) is 0 Å². The lowest BCUT2D eigenvalue weighted by Gasteiger charge is -2.15. The predicted octanol–water partition coefficient (Wildman–Crippen LogP) is 3.73. The van der Waals surface area contributed by atoms with Crippen molar-refractivity contribution >= 4 is 34.5 Å². The zero-order valence-electron chi connectivity index (χ0n) is 10.6. The lowest BCUT2D eigenvalue weighted by molar-refractivity contribution is 0.321. The van der Waals surface area contributed by atoms with Gasteiger partial charge in [0.05, 0.1) is 10.0 Å². The zero-order valence-corrected chi connectivity index (χ0v) is 12.9. The molecule has 0 aliphatic rings. The van der Waals surface area contributed by atoms with Crippen molar-refractivity contribution in [2.75, 3.05) is 7.05 Å². The molecule has 98 valence electrons. The van der Waals surface area contributed by atoms with E-state index >= 15 is 0 Å². The monoisotopic (exact) mass is 303 g/mol. The summed E-state index contributed by atoms with van der Waals surface area (Å²) >= 11 is 13.8. The van der Waals surface area contributed by atoms with Gasteiger partial charge in [0.1, 0.15) is 5.15 Å². The summed E-state index contributed by atoms with van der Waals surface area (Å²) in [5, 5.41) is 5.03. The van der Waals surface area contributed by atoms with Gasteiger partial charge in [-0.2, -0.15) is 5.10 Å². The highest BCUT2D eigenvalue weighted by Crippen LogP contribution is 2.24. The van der Waals surface area contributed by atoms with Gasteiger partial charge in [-0.15, -0.1) is 11.3 Å². The minimum absolute atomic E-state index is 0.712. The maximum Gasteiger partial charge on any atom is 0.131 e. The van der Waals surface area contributed by atoms with Gasteiger partial charge in [0, 0.05) is 30.6 Å². The largest absolute Gasteiger partial charge is 0.297 e. The number of rotatable bonds is 4. The second-order valence-electron chi connectivity index (χ2n) is 4.36. The van der Waals surface area contributed by atoms with Crippen LogP contribution in [0.1, 0.15) is 16.1 Å². The van der Waals surface area contributed by atoms with Gasteiger partial charge in [0.25, 0.3) is 0 Å². The van der Waals surface area contributed by atoms with Crippen LogP contribution in [0.25, 0.3) is 0 Å². The van der Waals surface area contributed by atoms with Crippen molar-refractivity contribution in [3.63, 3.8) is 0 Å². The number of aryl methyl sites for hydroxylation is 2. The topological polar surface area (TPSA) is 21.1 Å². The minimum atomic E-state index is 0.712. The molecule has 0 aliphatic heterocycles. The molecule has 0 N–H and O–H groups in total. The van der Waals surface area contributed by atoms with Crippen molar-refractivity contribution < 1.29 is 0 Å². The molecule has 0 aliphatic carbocycles. The zero-order chi connectivity index (χ0) is 13.3. The molecule has 2 rings (SSSR count). The van der Waals surface area contributed by atoms with Crippen LogP contribution in [0.4, 0.5) is 0 Å². The van der Waals surface area contributed by atoms with Crippen LogP contribution in [0, 0.1) is 6.92 Å². The lowest BCUT2D eigenvalue weighted by Crippen LogP contribution is -2.17. The van der Waals surface area contributed by atoms with Crippen molar-refractivity contribution in [2.24, 2.45) is 7.05 Å². The van der Waals surface area contributed by atoms with E-state index in [1.54, 1.807) is 16.0 Å². The molecule has 0 atom stereocenters. The first-order chi connectivity index (χ1) is 8.47. The maximum atomic E-state index is 6.22. The molecule has 2 aromatic rings. The van der Waals surface area contributed by atoms with E-state index in [-0.39, 0.29) is 0 Å². The Hall–Kier alpha value is -0.550. The molecule has 0 radical (unpaired) electrons. The second kappa shape index (κ2) is 5.61. The van der Waals surface area contributed by atoms with E-state index in [0.717, 1.165) is 28.7 Å². The third kappa shape index (κ3) is 3.06. The Morgan fingerprint density at radius 2 is 2.06 bits per heavy atom. The molecular weight excluding hydrogens is 289 g/mol. The third-order valence-electron chi connectivity index (χ3n) is 2.75. The molecule has 0 saturated heterocycles. The van der Waals surface area contributed by atoms with Crippen molar-refractivity contribution in [1.82, 2.24) is 14.7 Å². The second-order valence-corrected chi connectivity index (χ2v) is 6.51. The van der Waals surface area contributed by atoms with E-state index < -0.39 is 0 Å². The van der Waals surface area contributed by atoms with Crippen LogP contribution in [0.15, 0.2) is 12.1 Å². The smallest absolute Gasteiger partial charge is 0.131 e. The van der Waals surface area contributed by atoms with Crippen LogP contribution in [0.2, 0.25) is 9.49 Å². The number of hydrogen-bond donors (Lipinski definition) is 0. The van der Waals surface area contributed by atoms with Gasteiger partial charge in [-0.3, -0.25) is 9.58 Å². The average molecular weight is 304 g/mol. The molecule has 6 heteroatoms. The summed E-state index contributed by atoms with van der Waals surface area (Å²) in [5.41, 5.74) is 2.07. The van der Waals surface area contributed by atoms with Crippen LogP contribution < -0.4 is 0 Å². The summed E-state index contributed by atoms with van der Waals surface area (Å²) in [6.45, 7) is 3.63. The number of aromatic nitrogens is 2. The van der Waals surface area contributed by atoms with Crippen LogP contribution in [-0.4, -0.2) is 21.7 Å². The highest BCUT2D eigenvalue weighted by atomic mass is 35.5. The summed E-state index contributed by atoms with van der Waals surface area (Å²) < 4.78 is 2.54. The standard InChI is InChI=1S/C12H15Cl2N3S/c1-8-10(12(14)17(3)15-8)7-16(2)6-9-4-5-11(13)18-9/h4-5H,6-7H2,1-3H3. The van der Waals surface area contributed by atoms with Crippen molar-refractivity contribution in [2.45, 2.75) is 20.0 Å². The number of thiophene rings is 1. The fourth-order valence-electron chi connectivity index (χ4n) is 1.88. The molecule has 0 amide bonds. The van der Waals surface area contributed by atoms with Crippen molar-refractivity contribution in [3.8, 4) is 0 Å². The molecule has 0 fully saturated rings. The van der Waals surface area contributed by atoms with Crippen LogP contribution in [0.5, 0.6) is 0 Å². The highest BCUT2D eigenvalue weighted by Gasteiger charge is 2.13. The van der Waals surface area contributed by atoms with Crippen LogP contribution >= 0.6 is 34.5 Å². The van der Waals surface area contributed by atoms with E-state index in [1.807, 2.05) is 20.0 Å². The molecule has 2 aromatic heterocycles. The molecule has 18 heavy (non-hydrogen) atoms. The normalized spacial score (nSPS) is 11.4. The Morgan fingerprint density at radius 1 is 1.33 bits per heavy atom. The summed E-state index contributed by atoms with van der Waals surface area (Å²) in [6, 6.07) is 3.99. The van der Waals surface area contributed by atoms with Gasteiger partial charge in [0.2, 0.25) is 0 Å². The summed E-state index contributed by atoms with van der Waals surface area (Å²) in [6.07, 6.45) is 0. The quantitative estimate of drug-likeness (QED) is 0.858. The van der Waals surface area contributed by atoms with E-state index in [4.69, 9.17) is 23.2 Å². The average Bonchev–Trinajstić information content (AvgIpc) is 2.78. The Labute approximate surface area is 121 Å². The van der Waals surface area contributed by atoms with Gasteiger partial charge >= 0.3 is 0 Å². The first-order valence-electron chi connectivity index (χ1n) is 5.58. The fourth-order valence-corrected chi connectivity index (χ4v) is 3.28. The molecule has 0 bridgehead atoms. The molecule has 3 nitrogen and oxygen atoms in total. The fraction of sp³-hybridized carbons (Fsp3) is 0.417. The summed E-state index contributed by atoms with van der Waals surface area (Å²) in [7, 11) is 3.92. The number of nitrogens with zero attached hydrogens (tertiary/aromatic N) is 3. The van der Waals surface area contributed by atoms with E-state index in [9.17, 15) is 0 Å². The Kier molecular flexibility index (Phi) is 4.33. The summed E-state index contributed by atoms with van der Waals surface area (Å²) in [4.78, 5) is 3.46. The first kappa shape index (κ1) is 13.9. The van der Waals surface area contributed by atoms with E-state index in [1.165, 1.54) is 4.88 Å². The molecule has 0 aromatic carbocycles. The Balaban J connectivity index is 2.05. The number of hydrogen-bond acceptors (Lipinski definition) is 3. The highest BCUT2D eigenvalue weighted by molar-refractivity contribution is 7.16. The van der Waals surface area contributed by atoms with Crippen LogP contribution in [0.3, 0.4) is 0 Å². The van der Waals surface area contributed by atoms with Gasteiger partial charge in [-0.05, 0) is 26.1 Å². The van der Waals surface area contributed by atoms with E-state index in [0.29, 0.717) is 5.15 Å². The van der Waals surface area contributed by atoms with E-state index in [2.05, 4.69) is 23.1 Å². The Bertz CT molecular complexity index is 548. The molecule has 0 saturated carbocycles. The van der Waals surface area contributed by atoms with Gasteiger partial charge < -0.3 is 0 Å².